The summed E-state index contributed by atoms with van der Waals surface area (Å²) in [6, 6.07) is 11.7. The van der Waals surface area contributed by atoms with Crippen LogP contribution in [0.2, 0.25) is 0 Å². The lowest BCUT2D eigenvalue weighted by Crippen LogP contribution is -2.41. The molecule has 4 rings (SSSR count). The summed E-state index contributed by atoms with van der Waals surface area (Å²) < 4.78 is 6.67. The second kappa shape index (κ2) is 9.23. The molecule has 0 aliphatic heterocycles. The van der Waals surface area contributed by atoms with Gasteiger partial charge in [-0.1, -0.05) is 18.2 Å². The molecule has 8 nitrogen and oxygen atoms in total. The summed E-state index contributed by atoms with van der Waals surface area (Å²) in [6.07, 6.45) is 5.02. The second-order valence-electron chi connectivity index (χ2n) is 9.31. The molecule has 176 valence electrons. The molecule has 1 N–H and O–H groups in total. The van der Waals surface area contributed by atoms with Crippen LogP contribution in [0.25, 0.3) is 27.8 Å². The first-order chi connectivity index (χ1) is 16.2. The van der Waals surface area contributed by atoms with Gasteiger partial charge in [0.15, 0.2) is 0 Å². The topological polar surface area (TPSA) is 85.2 Å². The SMILES string of the molecule is COc1cccc(-c2ccc3c(=O)n(-c4ncc(NC(C)(C)CN(C)C)cn4)ncc3c2)c1C. The van der Waals surface area contributed by atoms with Crippen LogP contribution in [0.15, 0.2) is 59.8 Å². The zero-order chi connectivity index (χ0) is 24.5. The molecule has 0 aliphatic carbocycles. The number of aromatic nitrogens is 4. The van der Waals surface area contributed by atoms with Gasteiger partial charge in [0.05, 0.1) is 36.8 Å². The van der Waals surface area contributed by atoms with Crippen LogP contribution in [0.3, 0.4) is 0 Å². The van der Waals surface area contributed by atoms with Crippen molar-refractivity contribution in [2.24, 2.45) is 0 Å². The number of ether oxygens (including phenoxy) is 1. The first-order valence-corrected chi connectivity index (χ1v) is 11.1. The fourth-order valence-corrected chi connectivity index (χ4v) is 4.33. The molecule has 2 heterocycles. The summed E-state index contributed by atoms with van der Waals surface area (Å²) in [4.78, 5) is 24.0. The van der Waals surface area contributed by atoms with Crippen molar-refractivity contribution in [1.82, 2.24) is 24.6 Å². The van der Waals surface area contributed by atoms with Crippen molar-refractivity contribution in [1.29, 1.82) is 0 Å². The maximum absolute atomic E-state index is 13.2. The van der Waals surface area contributed by atoms with Crippen LogP contribution in [0.1, 0.15) is 19.4 Å². The predicted octanol–water partition coefficient (Wildman–Crippen LogP) is 3.91. The Morgan fingerprint density at radius 1 is 1.09 bits per heavy atom. The van der Waals surface area contributed by atoms with Crippen LogP contribution in [-0.2, 0) is 0 Å². The third kappa shape index (κ3) is 4.77. The first kappa shape index (κ1) is 23.4. The van der Waals surface area contributed by atoms with Crippen LogP contribution in [0.4, 0.5) is 5.69 Å². The molecule has 4 aromatic rings. The highest BCUT2D eigenvalue weighted by atomic mass is 16.5. The van der Waals surface area contributed by atoms with Gasteiger partial charge in [-0.3, -0.25) is 4.79 Å². The zero-order valence-corrected chi connectivity index (χ0v) is 20.5. The number of anilines is 1. The molecular formula is C26H30N6O2. The average molecular weight is 459 g/mol. The number of hydrogen-bond donors (Lipinski definition) is 1. The van der Waals surface area contributed by atoms with E-state index in [1.54, 1.807) is 25.7 Å². The Morgan fingerprint density at radius 3 is 2.50 bits per heavy atom. The molecule has 0 fully saturated rings. The van der Waals surface area contributed by atoms with Crippen molar-refractivity contribution in [2.45, 2.75) is 26.3 Å². The van der Waals surface area contributed by atoms with Gasteiger partial charge in [0.25, 0.3) is 11.5 Å². The summed E-state index contributed by atoms with van der Waals surface area (Å²) in [6.45, 7) is 7.08. The van der Waals surface area contributed by atoms with E-state index in [1.807, 2.05) is 57.4 Å². The van der Waals surface area contributed by atoms with Crippen molar-refractivity contribution in [2.75, 3.05) is 33.1 Å². The molecule has 0 aliphatic rings. The van der Waals surface area contributed by atoms with E-state index in [0.717, 1.165) is 40.1 Å². The van der Waals surface area contributed by atoms with Gasteiger partial charge in [-0.05, 0) is 69.8 Å². The number of nitrogens with one attached hydrogen (secondary N) is 1. The molecule has 0 radical (unpaired) electrons. The molecule has 0 atom stereocenters. The third-order valence-electron chi connectivity index (χ3n) is 5.62. The Hall–Kier alpha value is -3.78. The Bertz CT molecular complexity index is 1380. The van der Waals surface area contributed by atoms with Gasteiger partial charge in [0.2, 0.25) is 0 Å². The molecule has 0 amide bonds. The van der Waals surface area contributed by atoms with E-state index in [2.05, 4.69) is 39.1 Å². The van der Waals surface area contributed by atoms with E-state index in [4.69, 9.17) is 4.74 Å². The van der Waals surface area contributed by atoms with Gasteiger partial charge in [-0.2, -0.15) is 9.78 Å². The minimum absolute atomic E-state index is 0.161. The summed E-state index contributed by atoms with van der Waals surface area (Å²) in [5, 5.41) is 9.07. The number of methoxy groups -OCH3 is 1. The van der Waals surface area contributed by atoms with Crippen molar-refractivity contribution in [3.8, 4) is 22.8 Å². The first-order valence-electron chi connectivity index (χ1n) is 11.1. The van der Waals surface area contributed by atoms with E-state index in [9.17, 15) is 4.79 Å². The van der Waals surface area contributed by atoms with Gasteiger partial charge in [0.1, 0.15) is 5.75 Å². The van der Waals surface area contributed by atoms with E-state index in [1.165, 1.54) is 4.68 Å². The summed E-state index contributed by atoms with van der Waals surface area (Å²) in [7, 11) is 5.72. The lowest BCUT2D eigenvalue weighted by Gasteiger charge is -2.30. The largest absolute Gasteiger partial charge is 0.496 e. The van der Waals surface area contributed by atoms with E-state index in [0.29, 0.717) is 5.39 Å². The summed E-state index contributed by atoms with van der Waals surface area (Å²) in [5.41, 5.74) is 3.44. The molecule has 0 saturated carbocycles. The van der Waals surface area contributed by atoms with Gasteiger partial charge in [-0.15, -0.1) is 0 Å². The lowest BCUT2D eigenvalue weighted by molar-refractivity contribution is 0.334. The quantitative estimate of drug-likeness (QED) is 0.449. The van der Waals surface area contributed by atoms with Gasteiger partial charge < -0.3 is 15.0 Å². The Labute approximate surface area is 199 Å². The van der Waals surface area contributed by atoms with E-state index < -0.39 is 0 Å². The smallest absolute Gasteiger partial charge is 0.282 e. The van der Waals surface area contributed by atoms with Crippen molar-refractivity contribution < 1.29 is 4.74 Å². The molecule has 0 unspecified atom stereocenters. The minimum Gasteiger partial charge on any atom is -0.496 e. The van der Waals surface area contributed by atoms with E-state index >= 15 is 0 Å². The highest BCUT2D eigenvalue weighted by Gasteiger charge is 2.19. The van der Waals surface area contributed by atoms with Crippen LogP contribution < -0.4 is 15.6 Å². The maximum atomic E-state index is 13.2. The molecular weight excluding hydrogens is 428 g/mol. The summed E-state index contributed by atoms with van der Waals surface area (Å²) >= 11 is 0. The monoisotopic (exact) mass is 458 g/mol. The normalized spacial score (nSPS) is 11.7. The zero-order valence-electron chi connectivity index (χ0n) is 20.5. The number of hydrogen-bond acceptors (Lipinski definition) is 7. The predicted molar refractivity (Wildman–Crippen MR) is 136 cm³/mol. The number of benzene rings is 2. The van der Waals surface area contributed by atoms with Gasteiger partial charge in [0, 0.05) is 17.5 Å². The standard InChI is InChI=1S/C26H30N6O2/c1-17-21(8-7-9-23(17)34-6)18-10-11-22-19(12-18)13-29-32(24(22)33)25-27-14-20(15-28-25)30-26(2,3)16-31(4)5/h7-15,30H,16H2,1-6H3. The Balaban J connectivity index is 1.65. The third-order valence-corrected chi connectivity index (χ3v) is 5.62. The molecule has 34 heavy (non-hydrogen) atoms. The van der Waals surface area contributed by atoms with Crippen molar-refractivity contribution in [3.63, 3.8) is 0 Å². The van der Waals surface area contributed by atoms with Crippen LogP contribution in [-0.4, -0.2) is 57.9 Å². The average Bonchev–Trinajstić information content (AvgIpc) is 2.79. The maximum Gasteiger partial charge on any atom is 0.282 e. The molecule has 0 spiro atoms. The molecule has 0 saturated heterocycles. The van der Waals surface area contributed by atoms with Crippen LogP contribution in [0.5, 0.6) is 5.75 Å². The number of nitrogens with zero attached hydrogens (tertiary/aromatic N) is 5. The second-order valence-corrected chi connectivity index (χ2v) is 9.31. The number of likely N-dealkylation sites (N-methyl/N-ethyl adjacent to an activating group) is 1. The molecule has 2 aromatic heterocycles. The highest BCUT2D eigenvalue weighted by molar-refractivity contribution is 5.87. The van der Waals surface area contributed by atoms with E-state index in [-0.39, 0.29) is 17.0 Å². The summed E-state index contributed by atoms with van der Waals surface area (Å²) in [5.74, 6) is 1.06. The van der Waals surface area contributed by atoms with Crippen molar-refractivity contribution in [3.05, 3.63) is 70.9 Å². The molecule has 2 aromatic carbocycles. The highest BCUT2D eigenvalue weighted by Crippen LogP contribution is 2.31. The fourth-order valence-electron chi connectivity index (χ4n) is 4.33. The van der Waals surface area contributed by atoms with Crippen LogP contribution >= 0.6 is 0 Å². The van der Waals surface area contributed by atoms with Crippen molar-refractivity contribution >= 4 is 16.5 Å². The Kier molecular flexibility index (Phi) is 6.34. The lowest BCUT2D eigenvalue weighted by atomic mass is 9.98. The molecule has 0 bridgehead atoms. The number of fused-ring (bicyclic) bond motifs is 1. The Morgan fingerprint density at radius 2 is 1.82 bits per heavy atom. The molecule has 8 heteroatoms. The van der Waals surface area contributed by atoms with Gasteiger partial charge in [-0.25, -0.2) is 9.97 Å². The van der Waals surface area contributed by atoms with Crippen LogP contribution in [0, 0.1) is 6.92 Å². The number of rotatable bonds is 7. The fraction of sp³-hybridized carbons (Fsp3) is 0.308. The minimum atomic E-state index is -0.264. The van der Waals surface area contributed by atoms with Gasteiger partial charge >= 0.3 is 0 Å².